The Kier molecular flexibility index (Phi) is 7.03. The number of carbonyl (C=O) groups is 1. The molecule has 4 nitrogen and oxygen atoms in total. The van der Waals surface area contributed by atoms with Gasteiger partial charge in [-0.05, 0) is 60.5 Å². The molecule has 1 N–H and O–H groups in total. The quantitative estimate of drug-likeness (QED) is 0.794. The summed E-state index contributed by atoms with van der Waals surface area (Å²) in [7, 11) is 0. The predicted octanol–water partition coefficient (Wildman–Crippen LogP) is 4.00. The van der Waals surface area contributed by atoms with E-state index in [1.807, 2.05) is 0 Å². The summed E-state index contributed by atoms with van der Waals surface area (Å²) in [6.07, 6.45) is 4.95. The maximum Gasteiger partial charge on any atom is 0.258 e. The molecule has 1 aliphatic heterocycles. The summed E-state index contributed by atoms with van der Waals surface area (Å²) >= 11 is 1.67. The number of amides is 1. The number of rotatable bonds is 7. The van der Waals surface area contributed by atoms with Crippen LogP contribution in [-0.2, 0) is 4.79 Å². The molecule has 6 heteroatoms. The lowest BCUT2D eigenvalue weighted by Gasteiger charge is -2.30. The fraction of sp³-hybridized carbons (Fsp3) is 0.450. The molecule has 1 aliphatic rings. The third-order valence-corrected chi connectivity index (χ3v) is 5.40. The second-order valence-electron chi connectivity index (χ2n) is 6.55. The average Bonchev–Trinajstić information content (AvgIpc) is 3.04. The molecule has 1 atom stereocenters. The van der Waals surface area contributed by atoms with Crippen molar-refractivity contribution in [2.75, 3.05) is 26.2 Å². The van der Waals surface area contributed by atoms with Crippen molar-refractivity contribution in [1.29, 1.82) is 0 Å². The smallest absolute Gasteiger partial charge is 0.258 e. The Balaban J connectivity index is 1.55. The van der Waals surface area contributed by atoms with Gasteiger partial charge in [-0.1, -0.05) is 25.0 Å². The van der Waals surface area contributed by atoms with E-state index in [0.717, 1.165) is 13.1 Å². The first-order valence-corrected chi connectivity index (χ1v) is 10.1. The molecule has 1 saturated heterocycles. The van der Waals surface area contributed by atoms with Crippen LogP contribution in [0.3, 0.4) is 0 Å². The molecule has 1 aromatic carbocycles. The zero-order chi connectivity index (χ0) is 18.2. The van der Waals surface area contributed by atoms with Gasteiger partial charge in [0.1, 0.15) is 0 Å². The molecule has 2 aromatic rings. The van der Waals surface area contributed by atoms with Gasteiger partial charge in [0.05, 0.1) is 6.04 Å². The number of hydrogen-bond donors (Lipinski definition) is 1. The fourth-order valence-corrected chi connectivity index (χ4v) is 4.00. The van der Waals surface area contributed by atoms with E-state index in [4.69, 9.17) is 4.74 Å². The lowest BCUT2D eigenvalue weighted by molar-refractivity contribution is -0.123. The summed E-state index contributed by atoms with van der Waals surface area (Å²) in [5, 5.41) is 7.18. The van der Waals surface area contributed by atoms with Crippen LogP contribution in [0.2, 0.25) is 0 Å². The van der Waals surface area contributed by atoms with Crippen LogP contribution >= 0.6 is 11.3 Å². The van der Waals surface area contributed by atoms with Crippen molar-refractivity contribution in [2.45, 2.75) is 31.7 Å². The van der Waals surface area contributed by atoms with E-state index >= 15 is 0 Å². The summed E-state index contributed by atoms with van der Waals surface area (Å²) in [5.74, 6) is -0.589. The highest BCUT2D eigenvalue weighted by Crippen LogP contribution is 2.25. The second-order valence-corrected chi connectivity index (χ2v) is 7.33. The van der Waals surface area contributed by atoms with E-state index in [-0.39, 0.29) is 24.3 Å². The van der Waals surface area contributed by atoms with Gasteiger partial charge in [-0.2, -0.15) is 11.3 Å². The Labute approximate surface area is 158 Å². The zero-order valence-corrected chi connectivity index (χ0v) is 15.6. The largest absolute Gasteiger partial charge is 0.481 e. The van der Waals surface area contributed by atoms with Crippen LogP contribution in [0.5, 0.6) is 5.75 Å². The second kappa shape index (κ2) is 9.69. The maximum absolute atomic E-state index is 13.6. The molecule has 2 heterocycles. The number of halogens is 1. The summed E-state index contributed by atoms with van der Waals surface area (Å²) in [4.78, 5) is 14.6. The highest BCUT2D eigenvalue weighted by molar-refractivity contribution is 7.07. The van der Waals surface area contributed by atoms with Gasteiger partial charge in [0.25, 0.3) is 5.91 Å². The minimum atomic E-state index is -0.457. The summed E-state index contributed by atoms with van der Waals surface area (Å²) in [5.41, 5.74) is 1.24. The Morgan fingerprint density at radius 1 is 1.19 bits per heavy atom. The van der Waals surface area contributed by atoms with Gasteiger partial charge in [0.2, 0.25) is 0 Å². The first kappa shape index (κ1) is 18.9. The SMILES string of the molecule is O=C(COc1ccccc1F)NC[C@@H](c1ccsc1)N1CCCCCC1. The molecule has 1 aromatic heterocycles. The molecular weight excluding hydrogens is 351 g/mol. The molecule has 1 fully saturated rings. The molecule has 0 aliphatic carbocycles. The molecule has 140 valence electrons. The fourth-order valence-electron chi connectivity index (χ4n) is 3.30. The number of thiophene rings is 1. The highest BCUT2D eigenvalue weighted by atomic mass is 32.1. The van der Waals surface area contributed by atoms with Crippen LogP contribution in [0.15, 0.2) is 41.1 Å². The van der Waals surface area contributed by atoms with Gasteiger partial charge < -0.3 is 10.1 Å². The Bertz CT molecular complexity index is 685. The van der Waals surface area contributed by atoms with Gasteiger partial charge in [-0.3, -0.25) is 9.69 Å². The zero-order valence-electron chi connectivity index (χ0n) is 14.8. The number of para-hydroxylation sites is 1. The Morgan fingerprint density at radius 3 is 2.65 bits per heavy atom. The van der Waals surface area contributed by atoms with Gasteiger partial charge in [-0.15, -0.1) is 0 Å². The van der Waals surface area contributed by atoms with Crippen molar-refractivity contribution >= 4 is 17.2 Å². The normalized spacial score (nSPS) is 16.7. The molecule has 0 radical (unpaired) electrons. The van der Waals surface area contributed by atoms with E-state index in [9.17, 15) is 9.18 Å². The number of nitrogens with zero attached hydrogens (tertiary/aromatic N) is 1. The van der Waals surface area contributed by atoms with Gasteiger partial charge in [0.15, 0.2) is 18.2 Å². The van der Waals surface area contributed by atoms with Crippen molar-refractivity contribution in [1.82, 2.24) is 10.2 Å². The van der Waals surface area contributed by atoms with E-state index in [2.05, 4.69) is 27.0 Å². The topological polar surface area (TPSA) is 41.6 Å². The molecular formula is C20H25FN2O2S. The predicted molar refractivity (Wildman–Crippen MR) is 102 cm³/mol. The number of carbonyl (C=O) groups excluding carboxylic acids is 1. The Morgan fingerprint density at radius 2 is 1.96 bits per heavy atom. The molecule has 3 rings (SSSR count). The minimum absolute atomic E-state index is 0.101. The average molecular weight is 376 g/mol. The first-order chi connectivity index (χ1) is 12.7. The van der Waals surface area contributed by atoms with Crippen molar-refractivity contribution in [2.24, 2.45) is 0 Å². The number of benzene rings is 1. The maximum atomic E-state index is 13.6. The van der Waals surface area contributed by atoms with Gasteiger partial charge in [0, 0.05) is 6.54 Å². The van der Waals surface area contributed by atoms with Crippen LogP contribution in [-0.4, -0.2) is 37.0 Å². The summed E-state index contributed by atoms with van der Waals surface area (Å²) < 4.78 is 18.8. The Hall–Kier alpha value is -1.92. The number of nitrogens with one attached hydrogen (secondary N) is 1. The standard InChI is InChI=1S/C20H25FN2O2S/c21-17-7-3-4-8-19(17)25-14-20(24)22-13-18(16-9-12-26-15-16)23-10-5-1-2-6-11-23/h3-4,7-9,12,15,18H,1-2,5-6,10-11,13-14H2,(H,22,24)/t18-/m0/s1. The van der Waals surface area contributed by atoms with Gasteiger partial charge >= 0.3 is 0 Å². The third-order valence-electron chi connectivity index (χ3n) is 4.70. The van der Waals surface area contributed by atoms with Crippen molar-refractivity contribution in [3.63, 3.8) is 0 Å². The van der Waals surface area contributed by atoms with E-state index in [1.54, 1.807) is 23.5 Å². The molecule has 1 amide bonds. The number of likely N-dealkylation sites (tertiary alicyclic amines) is 1. The molecule has 0 unspecified atom stereocenters. The van der Waals surface area contributed by atoms with Crippen LogP contribution in [0.1, 0.15) is 37.3 Å². The van der Waals surface area contributed by atoms with Crippen LogP contribution in [0, 0.1) is 5.82 Å². The van der Waals surface area contributed by atoms with E-state index < -0.39 is 5.82 Å². The van der Waals surface area contributed by atoms with Crippen LogP contribution < -0.4 is 10.1 Å². The monoisotopic (exact) mass is 376 g/mol. The van der Waals surface area contributed by atoms with Crippen LogP contribution in [0.25, 0.3) is 0 Å². The lowest BCUT2D eigenvalue weighted by Crippen LogP contribution is -2.40. The summed E-state index contributed by atoms with van der Waals surface area (Å²) in [6.45, 7) is 2.47. The van der Waals surface area contributed by atoms with Crippen molar-refractivity contribution in [3.05, 3.63) is 52.5 Å². The van der Waals surface area contributed by atoms with E-state index in [1.165, 1.54) is 43.4 Å². The van der Waals surface area contributed by atoms with Gasteiger partial charge in [-0.25, -0.2) is 4.39 Å². The van der Waals surface area contributed by atoms with E-state index in [0.29, 0.717) is 6.54 Å². The van der Waals surface area contributed by atoms with Crippen molar-refractivity contribution < 1.29 is 13.9 Å². The first-order valence-electron chi connectivity index (χ1n) is 9.14. The van der Waals surface area contributed by atoms with Crippen molar-refractivity contribution in [3.8, 4) is 5.75 Å². The highest BCUT2D eigenvalue weighted by Gasteiger charge is 2.22. The lowest BCUT2D eigenvalue weighted by atomic mass is 10.1. The van der Waals surface area contributed by atoms with Crippen LogP contribution in [0.4, 0.5) is 4.39 Å². The third kappa shape index (κ3) is 5.29. The number of ether oxygens (including phenoxy) is 1. The minimum Gasteiger partial charge on any atom is -0.481 e. The molecule has 26 heavy (non-hydrogen) atoms. The molecule has 0 saturated carbocycles. The summed E-state index contributed by atoms with van der Waals surface area (Å²) in [6, 6.07) is 8.42. The molecule has 0 spiro atoms. The molecule has 0 bridgehead atoms. The number of hydrogen-bond acceptors (Lipinski definition) is 4.